The summed E-state index contributed by atoms with van der Waals surface area (Å²) in [6.45, 7) is 10.9. The summed E-state index contributed by atoms with van der Waals surface area (Å²) in [5.74, 6) is 0.854. The molecule has 0 aromatic heterocycles. The van der Waals surface area contributed by atoms with Crippen LogP contribution in [0, 0.1) is 11.8 Å². The van der Waals surface area contributed by atoms with Gasteiger partial charge in [0.15, 0.2) is 0 Å². The van der Waals surface area contributed by atoms with Crippen LogP contribution in [0.5, 0.6) is 5.75 Å². The molecule has 1 aromatic rings. The lowest BCUT2D eigenvalue weighted by atomic mass is 9.93. The Morgan fingerprint density at radius 1 is 1.10 bits per heavy atom. The standard InChI is InChI=1S/C23H35N3O4/c1-16(2)13-25(14-17(3)4)20(27)15-26-21(28)23(5,24-22(26)29)12-11-18-7-9-19(30-6)10-8-18/h7-10,16-17H,11-15H2,1-6H3,(H,24,29). The molecule has 1 aliphatic heterocycles. The topological polar surface area (TPSA) is 79.0 Å². The van der Waals surface area contributed by atoms with Crippen LogP contribution in [0.1, 0.15) is 46.6 Å². The van der Waals surface area contributed by atoms with Gasteiger partial charge >= 0.3 is 6.03 Å². The number of benzene rings is 1. The summed E-state index contributed by atoms with van der Waals surface area (Å²) in [6, 6.07) is 7.13. The van der Waals surface area contributed by atoms with Crippen LogP contribution in [0.3, 0.4) is 0 Å². The number of carbonyl (C=O) groups excluding carboxylic acids is 3. The molecule has 166 valence electrons. The Labute approximate surface area is 179 Å². The van der Waals surface area contributed by atoms with E-state index in [1.54, 1.807) is 18.9 Å². The van der Waals surface area contributed by atoms with E-state index in [4.69, 9.17) is 4.74 Å². The van der Waals surface area contributed by atoms with E-state index in [2.05, 4.69) is 5.32 Å². The van der Waals surface area contributed by atoms with Gasteiger partial charge in [0.05, 0.1) is 7.11 Å². The van der Waals surface area contributed by atoms with Crippen LogP contribution < -0.4 is 10.1 Å². The molecule has 0 saturated carbocycles. The molecule has 4 amide bonds. The number of nitrogens with one attached hydrogen (secondary N) is 1. The maximum absolute atomic E-state index is 13.0. The summed E-state index contributed by atoms with van der Waals surface area (Å²) in [5.41, 5.74) is 0.0340. The summed E-state index contributed by atoms with van der Waals surface area (Å²) >= 11 is 0. The number of urea groups is 1. The Morgan fingerprint density at radius 2 is 1.67 bits per heavy atom. The quantitative estimate of drug-likeness (QED) is 0.594. The van der Waals surface area contributed by atoms with Gasteiger partial charge in [-0.2, -0.15) is 0 Å². The lowest BCUT2D eigenvalue weighted by Crippen LogP contribution is -2.47. The second kappa shape index (κ2) is 9.96. The normalized spacial score (nSPS) is 18.9. The highest BCUT2D eigenvalue weighted by Crippen LogP contribution is 2.24. The monoisotopic (exact) mass is 417 g/mol. The van der Waals surface area contributed by atoms with E-state index in [1.165, 1.54) is 0 Å². The number of methoxy groups -OCH3 is 1. The van der Waals surface area contributed by atoms with E-state index in [0.717, 1.165) is 16.2 Å². The molecule has 1 atom stereocenters. The molecule has 0 radical (unpaired) electrons. The Bertz CT molecular complexity index is 750. The summed E-state index contributed by atoms with van der Waals surface area (Å²) < 4.78 is 5.16. The van der Waals surface area contributed by atoms with Crippen molar-refractivity contribution >= 4 is 17.8 Å². The van der Waals surface area contributed by atoms with E-state index in [0.29, 0.717) is 37.8 Å². The molecule has 1 N–H and O–H groups in total. The molecule has 1 aliphatic rings. The molecular weight excluding hydrogens is 382 g/mol. The fourth-order valence-electron chi connectivity index (χ4n) is 3.64. The van der Waals surface area contributed by atoms with Gasteiger partial charge in [0, 0.05) is 13.1 Å². The van der Waals surface area contributed by atoms with Crippen molar-refractivity contribution in [2.45, 2.75) is 53.0 Å². The highest BCUT2D eigenvalue weighted by Gasteiger charge is 2.48. The van der Waals surface area contributed by atoms with Crippen LogP contribution in [-0.4, -0.2) is 59.9 Å². The molecule has 1 fully saturated rings. The number of hydrogen-bond donors (Lipinski definition) is 1. The first kappa shape index (κ1) is 23.7. The van der Waals surface area contributed by atoms with Crippen molar-refractivity contribution in [3.05, 3.63) is 29.8 Å². The SMILES string of the molecule is COc1ccc(CCC2(C)NC(=O)N(CC(=O)N(CC(C)C)CC(C)C)C2=O)cc1. The average molecular weight is 418 g/mol. The first-order valence-electron chi connectivity index (χ1n) is 10.6. The molecule has 2 rings (SSSR count). The van der Waals surface area contributed by atoms with Gasteiger partial charge in [0.25, 0.3) is 5.91 Å². The van der Waals surface area contributed by atoms with Gasteiger partial charge in [0.1, 0.15) is 17.8 Å². The summed E-state index contributed by atoms with van der Waals surface area (Å²) in [6.07, 6.45) is 1.08. The van der Waals surface area contributed by atoms with Crippen LogP contribution in [0.4, 0.5) is 4.79 Å². The Balaban J connectivity index is 2.03. The molecule has 0 spiro atoms. The second-order valence-electron chi connectivity index (χ2n) is 9.09. The third kappa shape index (κ3) is 5.97. The van der Waals surface area contributed by atoms with Crippen molar-refractivity contribution in [3.63, 3.8) is 0 Å². The first-order chi connectivity index (χ1) is 14.1. The van der Waals surface area contributed by atoms with Gasteiger partial charge in [-0.25, -0.2) is 4.79 Å². The molecule has 30 heavy (non-hydrogen) atoms. The predicted molar refractivity (Wildman–Crippen MR) is 116 cm³/mol. The predicted octanol–water partition coefficient (Wildman–Crippen LogP) is 3.08. The fraction of sp³-hybridized carbons (Fsp3) is 0.609. The van der Waals surface area contributed by atoms with Gasteiger partial charge in [-0.3, -0.25) is 14.5 Å². The fourth-order valence-corrected chi connectivity index (χ4v) is 3.64. The zero-order valence-electron chi connectivity index (χ0n) is 19.0. The second-order valence-corrected chi connectivity index (χ2v) is 9.09. The van der Waals surface area contributed by atoms with E-state index >= 15 is 0 Å². The van der Waals surface area contributed by atoms with E-state index in [-0.39, 0.29) is 18.4 Å². The summed E-state index contributed by atoms with van der Waals surface area (Å²) in [7, 11) is 1.61. The summed E-state index contributed by atoms with van der Waals surface area (Å²) in [5, 5.41) is 2.79. The smallest absolute Gasteiger partial charge is 0.325 e. The Morgan fingerprint density at radius 3 is 2.17 bits per heavy atom. The molecular formula is C23H35N3O4. The maximum atomic E-state index is 13.0. The summed E-state index contributed by atoms with van der Waals surface area (Å²) in [4.78, 5) is 41.2. The highest BCUT2D eigenvalue weighted by atomic mass is 16.5. The number of nitrogens with zero attached hydrogens (tertiary/aromatic N) is 2. The number of ether oxygens (including phenoxy) is 1. The lowest BCUT2D eigenvalue weighted by Gasteiger charge is -2.28. The number of rotatable bonds is 10. The molecule has 7 heteroatoms. The van der Waals surface area contributed by atoms with Crippen LogP contribution in [-0.2, 0) is 16.0 Å². The largest absolute Gasteiger partial charge is 0.497 e. The van der Waals surface area contributed by atoms with Gasteiger partial charge in [0.2, 0.25) is 5.91 Å². The van der Waals surface area contributed by atoms with Crippen LogP contribution in [0.15, 0.2) is 24.3 Å². The third-order valence-corrected chi connectivity index (χ3v) is 5.24. The van der Waals surface area contributed by atoms with Crippen LogP contribution >= 0.6 is 0 Å². The van der Waals surface area contributed by atoms with E-state index in [1.807, 2.05) is 52.0 Å². The molecule has 1 saturated heterocycles. The molecule has 0 aliphatic carbocycles. The first-order valence-corrected chi connectivity index (χ1v) is 10.6. The van der Waals surface area contributed by atoms with Crippen molar-refractivity contribution in [2.75, 3.05) is 26.7 Å². The van der Waals surface area contributed by atoms with Crippen LogP contribution in [0.2, 0.25) is 0 Å². The molecule has 1 heterocycles. The Kier molecular flexibility index (Phi) is 7.87. The minimum absolute atomic E-state index is 0.194. The molecule has 1 aromatic carbocycles. The minimum Gasteiger partial charge on any atom is -0.497 e. The van der Waals surface area contributed by atoms with E-state index < -0.39 is 11.6 Å². The zero-order chi connectivity index (χ0) is 22.5. The van der Waals surface area contributed by atoms with Gasteiger partial charge in [-0.05, 0) is 49.3 Å². The van der Waals surface area contributed by atoms with Crippen molar-refractivity contribution in [2.24, 2.45) is 11.8 Å². The third-order valence-electron chi connectivity index (χ3n) is 5.24. The number of amides is 4. The van der Waals surface area contributed by atoms with Crippen molar-refractivity contribution in [1.29, 1.82) is 0 Å². The van der Waals surface area contributed by atoms with E-state index in [9.17, 15) is 14.4 Å². The van der Waals surface area contributed by atoms with Crippen molar-refractivity contribution in [1.82, 2.24) is 15.1 Å². The minimum atomic E-state index is -1.02. The van der Waals surface area contributed by atoms with Crippen molar-refractivity contribution in [3.8, 4) is 5.75 Å². The number of imide groups is 1. The zero-order valence-corrected chi connectivity index (χ0v) is 19.0. The average Bonchev–Trinajstić information content (AvgIpc) is 2.89. The maximum Gasteiger partial charge on any atom is 0.325 e. The van der Waals surface area contributed by atoms with Gasteiger partial charge in [-0.15, -0.1) is 0 Å². The lowest BCUT2D eigenvalue weighted by molar-refractivity contribution is -0.139. The highest BCUT2D eigenvalue weighted by molar-refractivity contribution is 6.08. The number of aryl methyl sites for hydroxylation is 1. The van der Waals surface area contributed by atoms with Gasteiger partial charge in [-0.1, -0.05) is 39.8 Å². The van der Waals surface area contributed by atoms with Crippen LogP contribution in [0.25, 0.3) is 0 Å². The molecule has 0 bridgehead atoms. The number of hydrogen-bond acceptors (Lipinski definition) is 4. The van der Waals surface area contributed by atoms with Crippen molar-refractivity contribution < 1.29 is 19.1 Å². The molecule has 7 nitrogen and oxygen atoms in total. The molecule has 1 unspecified atom stereocenters. The van der Waals surface area contributed by atoms with Gasteiger partial charge < -0.3 is 15.0 Å². The number of carbonyl (C=O) groups is 3. The Hall–Kier alpha value is -2.57.